The van der Waals surface area contributed by atoms with E-state index < -0.39 is 5.97 Å². The number of carbonyl (C=O) groups is 2. The van der Waals surface area contributed by atoms with Gasteiger partial charge < -0.3 is 9.84 Å². The molecule has 86 valence electrons. The lowest BCUT2D eigenvalue weighted by molar-refractivity contribution is -0.137. The number of aliphatic carboxylic acids is 1. The van der Waals surface area contributed by atoms with E-state index in [1.165, 1.54) is 0 Å². The molecule has 4 heteroatoms. The van der Waals surface area contributed by atoms with Crippen LogP contribution < -0.4 is 0 Å². The summed E-state index contributed by atoms with van der Waals surface area (Å²) >= 11 is 0. The lowest BCUT2D eigenvalue weighted by Gasteiger charge is -1.91. The highest BCUT2D eigenvalue weighted by molar-refractivity contribution is 5.66. The summed E-state index contributed by atoms with van der Waals surface area (Å²) in [5.41, 5.74) is 0. The van der Waals surface area contributed by atoms with Crippen molar-refractivity contribution in [3.8, 4) is 23.7 Å². The summed E-state index contributed by atoms with van der Waals surface area (Å²) in [5.74, 6) is 10.1. The number of carbonyl (C=O) groups excluding carboxylic acids is 1. The molecule has 1 N–H and O–H groups in total. The van der Waals surface area contributed by atoms with E-state index in [0.717, 1.165) is 0 Å². The highest BCUT2D eigenvalue weighted by Gasteiger charge is 1.92. The molecule has 0 unspecified atom stereocenters. The number of hydrogen-bond donors (Lipinski definition) is 1. The first kappa shape index (κ1) is 14.1. The van der Waals surface area contributed by atoms with E-state index >= 15 is 0 Å². The Labute approximate surface area is 95.0 Å². The van der Waals surface area contributed by atoms with Crippen molar-refractivity contribution in [3.63, 3.8) is 0 Å². The Hall–Kier alpha value is -1.94. The third kappa shape index (κ3) is 12.1. The van der Waals surface area contributed by atoms with E-state index in [2.05, 4.69) is 28.4 Å². The molecular formula is C12H14O4. The van der Waals surface area contributed by atoms with Gasteiger partial charge in [-0.1, -0.05) is 11.8 Å². The standard InChI is InChI=1S/C12H14O4/c13-11-16-10-8-6-4-2-1-3-5-7-9-12(14)15/h11H,5-10H2,(H,14,15). The number of hydrogen-bond acceptors (Lipinski definition) is 3. The van der Waals surface area contributed by atoms with E-state index in [1.807, 2.05) is 0 Å². The molecule has 0 spiro atoms. The minimum atomic E-state index is -0.803. The van der Waals surface area contributed by atoms with Crippen molar-refractivity contribution in [2.24, 2.45) is 0 Å². The summed E-state index contributed by atoms with van der Waals surface area (Å²) < 4.78 is 4.48. The molecule has 0 atom stereocenters. The Kier molecular flexibility index (Phi) is 9.79. The maximum absolute atomic E-state index is 10.1. The summed E-state index contributed by atoms with van der Waals surface area (Å²) in [7, 11) is 0. The van der Waals surface area contributed by atoms with Gasteiger partial charge in [-0.2, -0.15) is 0 Å². The number of carboxylic acids is 1. The quantitative estimate of drug-likeness (QED) is 0.399. The molecule has 0 saturated heterocycles. The van der Waals surface area contributed by atoms with Crippen molar-refractivity contribution in [1.29, 1.82) is 0 Å². The van der Waals surface area contributed by atoms with Crippen LogP contribution in [0.2, 0.25) is 0 Å². The predicted molar refractivity (Wildman–Crippen MR) is 58.3 cm³/mol. The number of carboxylic acid groups (broad SMARTS) is 1. The lowest BCUT2D eigenvalue weighted by atomic mass is 10.2. The molecule has 16 heavy (non-hydrogen) atoms. The summed E-state index contributed by atoms with van der Waals surface area (Å²) in [6.45, 7) is 0.792. The van der Waals surface area contributed by atoms with Crippen molar-refractivity contribution in [2.75, 3.05) is 6.61 Å². The Balaban J connectivity index is 3.41. The molecule has 0 fully saturated rings. The molecular weight excluding hydrogens is 208 g/mol. The Morgan fingerprint density at radius 1 is 1.19 bits per heavy atom. The summed E-state index contributed by atoms with van der Waals surface area (Å²) in [4.78, 5) is 19.9. The largest absolute Gasteiger partial charge is 0.481 e. The van der Waals surface area contributed by atoms with Gasteiger partial charge in [0.15, 0.2) is 0 Å². The topological polar surface area (TPSA) is 63.6 Å². The molecule has 0 aliphatic rings. The van der Waals surface area contributed by atoms with E-state index in [4.69, 9.17) is 5.11 Å². The smallest absolute Gasteiger partial charge is 0.303 e. The molecule has 0 radical (unpaired) electrons. The van der Waals surface area contributed by atoms with Crippen molar-refractivity contribution in [2.45, 2.75) is 32.1 Å². The van der Waals surface area contributed by atoms with Crippen LogP contribution in [-0.4, -0.2) is 24.2 Å². The zero-order valence-electron chi connectivity index (χ0n) is 8.99. The van der Waals surface area contributed by atoms with Crippen LogP contribution in [0.5, 0.6) is 0 Å². The molecule has 0 aromatic heterocycles. The third-order valence-electron chi connectivity index (χ3n) is 1.56. The zero-order chi connectivity index (χ0) is 12.1. The van der Waals surface area contributed by atoms with Gasteiger partial charge >= 0.3 is 5.97 Å². The monoisotopic (exact) mass is 222 g/mol. The fourth-order valence-corrected chi connectivity index (χ4v) is 0.833. The van der Waals surface area contributed by atoms with Gasteiger partial charge in [-0.15, -0.1) is 0 Å². The van der Waals surface area contributed by atoms with Crippen molar-refractivity contribution in [1.82, 2.24) is 0 Å². The first-order chi connectivity index (χ1) is 7.77. The van der Waals surface area contributed by atoms with Gasteiger partial charge in [-0.3, -0.25) is 9.59 Å². The van der Waals surface area contributed by atoms with Crippen LogP contribution in [0, 0.1) is 23.7 Å². The Bertz CT molecular complexity index is 324. The lowest BCUT2D eigenvalue weighted by Crippen LogP contribution is -1.92. The molecule has 4 nitrogen and oxygen atoms in total. The van der Waals surface area contributed by atoms with Gasteiger partial charge in [-0.05, 0) is 24.7 Å². The Morgan fingerprint density at radius 2 is 1.81 bits per heavy atom. The Morgan fingerprint density at radius 3 is 2.38 bits per heavy atom. The molecule has 0 aliphatic carbocycles. The van der Waals surface area contributed by atoms with Crippen molar-refractivity contribution >= 4 is 12.4 Å². The van der Waals surface area contributed by atoms with Gasteiger partial charge in [0.25, 0.3) is 6.47 Å². The van der Waals surface area contributed by atoms with Crippen LogP contribution in [0.4, 0.5) is 0 Å². The van der Waals surface area contributed by atoms with Crippen molar-refractivity contribution in [3.05, 3.63) is 0 Å². The molecule has 0 rings (SSSR count). The summed E-state index contributed by atoms with van der Waals surface area (Å²) in [5, 5.41) is 8.34. The number of unbranched alkanes of at least 4 members (excludes halogenated alkanes) is 2. The minimum Gasteiger partial charge on any atom is -0.481 e. The maximum Gasteiger partial charge on any atom is 0.303 e. The van der Waals surface area contributed by atoms with Gasteiger partial charge in [0.1, 0.15) is 0 Å². The fourth-order valence-electron chi connectivity index (χ4n) is 0.833. The van der Waals surface area contributed by atoms with Crippen LogP contribution in [0.3, 0.4) is 0 Å². The average Bonchev–Trinajstić information content (AvgIpc) is 2.25. The minimum absolute atomic E-state index is 0.144. The highest BCUT2D eigenvalue weighted by Crippen LogP contribution is 1.92. The van der Waals surface area contributed by atoms with E-state index in [0.29, 0.717) is 38.8 Å². The maximum atomic E-state index is 10.1. The summed E-state index contributed by atoms with van der Waals surface area (Å²) in [6, 6.07) is 0. The fraction of sp³-hybridized carbons (Fsp3) is 0.500. The average molecular weight is 222 g/mol. The second-order valence-electron chi connectivity index (χ2n) is 2.92. The second-order valence-corrected chi connectivity index (χ2v) is 2.92. The molecule has 0 bridgehead atoms. The number of ether oxygens (including phenoxy) is 1. The third-order valence-corrected chi connectivity index (χ3v) is 1.56. The first-order valence-corrected chi connectivity index (χ1v) is 5.00. The van der Waals surface area contributed by atoms with E-state index in [1.54, 1.807) is 0 Å². The van der Waals surface area contributed by atoms with E-state index in [-0.39, 0.29) is 6.42 Å². The van der Waals surface area contributed by atoms with Crippen molar-refractivity contribution < 1.29 is 19.4 Å². The van der Waals surface area contributed by atoms with Gasteiger partial charge in [-0.25, -0.2) is 0 Å². The molecule has 0 aromatic rings. The van der Waals surface area contributed by atoms with Gasteiger partial charge in [0.2, 0.25) is 0 Å². The van der Waals surface area contributed by atoms with Gasteiger partial charge in [0, 0.05) is 19.3 Å². The number of rotatable bonds is 7. The predicted octanol–water partition coefficient (Wildman–Crippen LogP) is 1.20. The molecule has 0 aromatic carbocycles. The van der Waals surface area contributed by atoms with Crippen LogP contribution in [-0.2, 0) is 14.3 Å². The molecule has 0 amide bonds. The SMILES string of the molecule is O=COCCCC#CC#CCCCC(=O)O. The normalized spacial score (nSPS) is 8.00. The second kappa shape index (κ2) is 11.1. The van der Waals surface area contributed by atoms with Gasteiger partial charge in [0.05, 0.1) is 6.61 Å². The summed E-state index contributed by atoms with van der Waals surface area (Å²) in [6.07, 6.45) is 2.58. The molecule has 0 heterocycles. The highest BCUT2D eigenvalue weighted by atomic mass is 16.5. The first-order valence-electron chi connectivity index (χ1n) is 5.00. The van der Waals surface area contributed by atoms with Crippen LogP contribution >= 0.6 is 0 Å². The zero-order valence-corrected chi connectivity index (χ0v) is 8.99. The van der Waals surface area contributed by atoms with Crippen LogP contribution in [0.1, 0.15) is 32.1 Å². The van der Waals surface area contributed by atoms with Crippen LogP contribution in [0.15, 0.2) is 0 Å². The van der Waals surface area contributed by atoms with Crippen LogP contribution in [0.25, 0.3) is 0 Å². The molecule has 0 aliphatic heterocycles. The molecule has 0 saturated carbocycles. The van der Waals surface area contributed by atoms with E-state index in [9.17, 15) is 9.59 Å².